The van der Waals surface area contributed by atoms with Crippen molar-refractivity contribution in [2.75, 3.05) is 33.8 Å². The van der Waals surface area contributed by atoms with Gasteiger partial charge in [0.25, 0.3) is 0 Å². The highest BCUT2D eigenvalue weighted by Crippen LogP contribution is 2.18. The van der Waals surface area contributed by atoms with E-state index in [0.29, 0.717) is 6.29 Å². The number of ether oxygens (including phenoxy) is 1. The minimum absolute atomic E-state index is 0.00662. The topological polar surface area (TPSA) is 87.3 Å². The van der Waals surface area contributed by atoms with Crippen LogP contribution in [0.5, 0.6) is 0 Å². The first-order valence-corrected chi connectivity index (χ1v) is 10.5. The van der Waals surface area contributed by atoms with Crippen LogP contribution in [0.4, 0.5) is 4.79 Å². The van der Waals surface area contributed by atoms with E-state index >= 15 is 0 Å². The van der Waals surface area contributed by atoms with Crippen molar-refractivity contribution in [2.24, 2.45) is 0 Å². The maximum Gasteiger partial charge on any atom is 0.407 e. The number of nitrogens with one attached hydrogen (secondary N) is 2. The van der Waals surface area contributed by atoms with Crippen molar-refractivity contribution >= 4 is 28.3 Å². The molecule has 2 heterocycles. The molecule has 29 heavy (non-hydrogen) atoms. The Morgan fingerprint density at radius 1 is 1.28 bits per heavy atom. The van der Waals surface area contributed by atoms with Crippen LogP contribution in [0.15, 0.2) is 41.3 Å². The fourth-order valence-corrected chi connectivity index (χ4v) is 2.38. The summed E-state index contributed by atoms with van der Waals surface area (Å²) in [5.74, 6) is 0. The molecule has 3 rings (SSSR count). The lowest BCUT2D eigenvalue weighted by Crippen LogP contribution is -2.24. The summed E-state index contributed by atoms with van der Waals surface area (Å²) in [4.78, 5) is 29.0. The summed E-state index contributed by atoms with van der Waals surface area (Å²) in [6, 6.07) is 8.10. The molecule has 0 unspecified atom stereocenters. The largest absolute Gasteiger partial charge is 0.453 e. The molecule has 1 aromatic heterocycles. The fourth-order valence-electron chi connectivity index (χ4n) is 2.12. The molecule has 2 N–H and O–H groups in total. The highest BCUT2D eigenvalue weighted by molar-refractivity contribution is 9.10. The second-order valence-corrected chi connectivity index (χ2v) is 7.14. The minimum atomic E-state index is -0.586. The fraction of sp³-hybridized carbons (Fsp3) is 0.476. The summed E-state index contributed by atoms with van der Waals surface area (Å²) in [5.41, 5.74) is 2.19. The highest BCUT2D eigenvalue weighted by Gasteiger charge is 2.03. The van der Waals surface area contributed by atoms with E-state index in [-0.39, 0.29) is 6.54 Å². The zero-order valence-corrected chi connectivity index (χ0v) is 19.4. The van der Waals surface area contributed by atoms with Gasteiger partial charge in [-0.2, -0.15) is 0 Å². The van der Waals surface area contributed by atoms with E-state index in [1.54, 1.807) is 6.33 Å². The molecule has 1 amide bonds. The molecule has 7 nitrogen and oxygen atoms in total. The van der Waals surface area contributed by atoms with Crippen LogP contribution in [-0.4, -0.2) is 61.0 Å². The van der Waals surface area contributed by atoms with Crippen molar-refractivity contribution in [3.63, 3.8) is 0 Å². The number of aromatic amines is 1. The minimum Gasteiger partial charge on any atom is -0.453 e. The second kappa shape index (κ2) is 17.9. The number of halogens is 1. The molecule has 8 heteroatoms. The lowest BCUT2D eigenvalue weighted by Gasteiger charge is -2.01. The number of methoxy groups -OCH3 is 1. The van der Waals surface area contributed by atoms with Gasteiger partial charge >= 0.3 is 6.09 Å². The number of nitrogens with zero attached hydrogens (tertiary/aromatic N) is 2. The predicted octanol–water partition coefficient (Wildman–Crippen LogP) is 4.51. The number of aldehydes is 1. The average molecular weight is 469 g/mol. The molecule has 1 saturated heterocycles. The monoisotopic (exact) mass is 468 g/mol. The van der Waals surface area contributed by atoms with E-state index in [0.717, 1.165) is 15.7 Å². The third-order valence-corrected chi connectivity index (χ3v) is 4.03. The second-order valence-electron chi connectivity index (χ2n) is 6.23. The van der Waals surface area contributed by atoms with E-state index in [1.165, 1.54) is 39.5 Å². The van der Waals surface area contributed by atoms with Gasteiger partial charge < -0.3 is 24.7 Å². The Balaban J connectivity index is 0.000000402. The van der Waals surface area contributed by atoms with Crippen LogP contribution in [0.25, 0.3) is 11.3 Å². The number of rotatable bonds is 3. The van der Waals surface area contributed by atoms with Gasteiger partial charge in [0.2, 0.25) is 0 Å². The van der Waals surface area contributed by atoms with Gasteiger partial charge in [-0.25, -0.2) is 9.78 Å². The Morgan fingerprint density at radius 2 is 1.86 bits per heavy atom. The molecular weight excluding hydrogens is 436 g/mol. The number of imidazole rings is 1. The third-order valence-electron chi connectivity index (χ3n) is 3.50. The lowest BCUT2D eigenvalue weighted by atomic mass is 10.2. The Bertz CT molecular complexity index is 642. The SMILES string of the molecule is Brc1ccc(-c2cnc[nH]2)cc1.CCC.CN1CCCC1.COC(=O)NCC=O. The summed E-state index contributed by atoms with van der Waals surface area (Å²) in [7, 11) is 3.41. The van der Waals surface area contributed by atoms with Gasteiger partial charge in [-0.1, -0.05) is 48.3 Å². The Labute approximate surface area is 182 Å². The van der Waals surface area contributed by atoms with Crippen molar-refractivity contribution in [3.8, 4) is 11.3 Å². The van der Waals surface area contributed by atoms with Crippen molar-refractivity contribution in [1.82, 2.24) is 20.2 Å². The summed E-state index contributed by atoms with van der Waals surface area (Å²) in [5, 5.41) is 2.15. The molecule has 0 spiro atoms. The van der Waals surface area contributed by atoms with Crippen LogP contribution in [0, 0.1) is 0 Å². The molecule has 0 aliphatic carbocycles. The number of benzene rings is 1. The lowest BCUT2D eigenvalue weighted by molar-refractivity contribution is -0.107. The van der Waals surface area contributed by atoms with Gasteiger partial charge in [0.15, 0.2) is 0 Å². The van der Waals surface area contributed by atoms with E-state index < -0.39 is 6.09 Å². The first kappa shape index (κ1) is 26.8. The molecular formula is C21H33BrN4O3. The summed E-state index contributed by atoms with van der Waals surface area (Å²) >= 11 is 3.38. The van der Waals surface area contributed by atoms with Gasteiger partial charge in [0, 0.05) is 4.47 Å². The quantitative estimate of drug-likeness (QED) is 0.646. The molecule has 162 valence electrons. The van der Waals surface area contributed by atoms with Crippen LogP contribution in [0.2, 0.25) is 0 Å². The third kappa shape index (κ3) is 14.5. The van der Waals surface area contributed by atoms with Gasteiger partial charge in [0.1, 0.15) is 6.29 Å². The van der Waals surface area contributed by atoms with Crippen LogP contribution in [0.1, 0.15) is 33.1 Å². The number of alkyl carbamates (subject to hydrolysis) is 1. The van der Waals surface area contributed by atoms with Crippen LogP contribution in [-0.2, 0) is 9.53 Å². The Morgan fingerprint density at radius 3 is 2.24 bits per heavy atom. The Kier molecular flexibility index (Phi) is 16.5. The number of hydrogen-bond donors (Lipinski definition) is 2. The maximum absolute atomic E-state index is 10.1. The smallest absolute Gasteiger partial charge is 0.407 e. The molecule has 2 aromatic rings. The first-order valence-electron chi connectivity index (χ1n) is 9.66. The molecule has 0 atom stereocenters. The summed E-state index contributed by atoms with van der Waals surface area (Å²) in [6.07, 6.45) is 7.56. The van der Waals surface area contributed by atoms with E-state index in [9.17, 15) is 9.59 Å². The number of carbonyl (C=O) groups excluding carboxylic acids is 2. The van der Waals surface area contributed by atoms with E-state index in [4.69, 9.17) is 0 Å². The van der Waals surface area contributed by atoms with Gasteiger partial charge in [-0.05, 0) is 50.7 Å². The van der Waals surface area contributed by atoms with Gasteiger partial charge in [-0.15, -0.1) is 0 Å². The van der Waals surface area contributed by atoms with Gasteiger partial charge in [0.05, 0.1) is 31.9 Å². The number of hydrogen-bond acceptors (Lipinski definition) is 5. The Hall–Kier alpha value is -2.19. The maximum atomic E-state index is 10.1. The number of carbonyl (C=O) groups is 2. The van der Waals surface area contributed by atoms with Crippen molar-refractivity contribution in [2.45, 2.75) is 33.1 Å². The van der Waals surface area contributed by atoms with Crippen molar-refractivity contribution in [3.05, 3.63) is 41.3 Å². The molecule has 1 aromatic carbocycles. The molecule has 0 saturated carbocycles. The van der Waals surface area contributed by atoms with Gasteiger partial charge in [-0.3, -0.25) is 0 Å². The van der Waals surface area contributed by atoms with Crippen molar-refractivity contribution < 1.29 is 14.3 Å². The molecule has 0 radical (unpaired) electrons. The normalized spacial score (nSPS) is 12.2. The van der Waals surface area contributed by atoms with Crippen LogP contribution < -0.4 is 5.32 Å². The standard InChI is InChI=1S/C9H7BrN2.C5H11N.C4H7NO3.C3H8/c10-8-3-1-7(2-4-8)9-5-11-6-12-9;1-6-4-2-3-5-6;1-8-4(7)5-2-3-6;1-3-2/h1-6H,(H,11,12);2-5H2,1H3;3H,2H2,1H3,(H,5,7);3H2,1-2H3. The van der Waals surface area contributed by atoms with Crippen molar-refractivity contribution in [1.29, 1.82) is 0 Å². The zero-order chi connectivity index (χ0) is 21.9. The number of likely N-dealkylation sites (tertiary alicyclic amines) is 1. The zero-order valence-electron chi connectivity index (χ0n) is 17.8. The molecule has 1 aliphatic rings. The molecule has 1 aliphatic heterocycles. The number of aromatic nitrogens is 2. The van der Waals surface area contributed by atoms with Crippen LogP contribution >= 0.6 is 15.9 Å². The summed E-state index contributed by atoms with van der Waals surface area (Å²) in [6.45, 7) is 6.90. The van der Waals surface area contributed by atoms with E-state index in [2.05, 4.69) is 61.7 Å². The van der Waals surface area contributed by atoms with E-state index in [1.807, 2.05) is 30.5 Å². The molecule has 0 bridgehead atoms. The van der Waals surface area contributed by atoms with Crippen LogP contribution in [0.3, 0.4) is 0 Å². The number of H-pyrrole nitrogens is 1. The summed E-state index contributed by atoms with van der Waals surface area (Å²) < 4.78 is 5.23. The highest BCUT2D eigenvalue weighted by atomic mass is 79.9. The first-order chi connectivity index (χ1) is 14.0. The predicted molar refractivity (Wildman–Crippen MR) is 121 cm³/mol. The number of amides is 1. The molecule has 1 fully saturated rings. The average Bonchev–Trinajstić information content (AvgIpc) is 3.42.